The molecule has 0 atom stereocenters. The number of benzene rings is 2. The Bertz CT molecular complexity index is 1480. The first kappa shape index (κ1) is 25.2. The van der Waals surface area contributed by atoms with Gasteiger partial charge in [0.2, 0.25) is 0 Å². The summed E-state index contributed by atoms with van der Waals surface area (Å²) in [6.07, 6.45) is -4.06. The Morgan fingerprint density at radius 2 is 1.89 bits per heavy atom. The molecule has 0 aliphatic carbocycles. The van der Waals surface area contributed by atoms with Gasteiger partial charge < -0.3 is 9.47 Å². The highest BCUT2D eigenvalue weighted by molar-refractivity contribution is 9.10. The number of hydrogen-bond acceptors (Lipinski definition) is 6. The fourth-order valence-electron chi connectivity index (χ4n) is 3.36. The number of hydrogen-bond donors (Lipinski definition) is 1. The molecule has 0 spiro atoms. The summed E-state index contributed by atoms with van der Waals surface area (Å²) >= 11 is 9.19. The highest BCUT2D eigenvalue weighted by Gasteiger charge is 2.34. The molecule has 0 saturated heterocycles. The Labute approximate surface area is 209 Å². The van der Waals surface area contributed by atoms with Crippen molar-refractivity contribution in [3.8, 4) is 16.9 Å². The molecule has 35 heavy (non-hydrogen) atoms. The lowest BCUT2D eigenvalue weighted by atomic mass is 10.00. The standard InChI is InChI=1S/C21H12BrClF4N2O5S/c1-33-19-13(22)2-9-3-17(19)35(31,32)29-16-5-11(15(24)6-14(16)23)12-7-28-18(21(25,26)27)4-10(12)8-34-20(9)30/h2-7,29H,8H2,1H3. The van der Waals surface area contributed by atoms with Crippen molar-refractivity contribution in [2.24, 2.45) is 0 Å². The van der Waals surface area contributed by atoms with Gasteiger partial charge in [0.15, 0.2) is 5.75 Å². The van der Waals surface area contributed by atoms with Gasteiger partial charge in [-0.15, -0.1) is 0 Å². The molecule has 184 valence electrons. The molecule has 0 saturated carbocycles. The summed E-state index contributed by atoms with van der Waals surface area (Å²) in [7, 11) is -3.27. The van der Waals surface area contributed by atoms with E-state index in [0.717, 1.165) is 24.4 Å². The number of pyridine rings is 1. The van der Waals surface area contributed by atoms with Crippen LogP contribution in [-0.2, 0) is 27.5 Å². The molecule has 4 rings (SSSR count). The largest absolute Gasteiger partial charge is 0.494 e. The molecule has 4 bridgehead atoms. The SMILES string of the molecule is COc1c(Br)cc2cc1S(=O)(=O)Nc1cc(c(F)cc1Cl)-c1cnc(C(F)(F)F)cc1COC2=O. The van der Waals surface area contributed by atoms with Gasteiger partial charge in [0.05, 0.1) is 27.9 Å². The second-order valence-corrected chi connectivity index (χ2v) is 10.1. The molecular formula is C21H12BrClF4N2O5S. The predicted molar refractivity (Wildman–Crippen MR) is 120 cm³/mol. The van der Waals surface area contributed by atoms with Gasteiger partial charge in [0.1, 0.15) is 23.0 Å². The lowest BCUT2D eigenvalue weighted by Gasteiger charge is -2.16. The van der Waals surface area contributed by atoms with Crippen LogP contribution in [0.2, 0.25) is 5.02 Å². The number of nitrogens with zero attached hydrogens (tertiary/aromatic N) is 1. The molecule has 1 aromatic heterocycles. The zero-order chi connectivity index (χ0) is 25.7. The molecular weight excluding hydrogens is 584 g/mol. The number of carbonyl (C=O) groups is 1. The maximum atomic E-state index is 14.9. The van der Waals surface area contributed by atoms with Crippen molar-refractivity contribution in [1.82, 2.24) is 4.98 Å². The number of nitrogens with one attached hydrogen (secondary N) is 1. The lowest BCUT2D eigenvalue weighted by Crippen LogP contribution is -2.16. The minimum Gasteiger partial charge on any atom is -0.494 e. The first-order chi connectivity index (χ1) is 16.3. The first-order valence-electron chi connectivity index (χ1n) is 9.45. The molecule has 2 aromatic carbocycles. The van der Waals surface area contributed by atoms with Crippen molar-refractivity contribution in [2.45, 2.75) is 17.7 Å². The quantitative estimate of drug-likeness (QED) is 0.282. The molecule has 1 aliphatic rings. The molecule has 0 amide bonds. The number of ether oxygens (including phenoxy) is 2. The van der Waals surface area contributed by atoms with E-state index in [0.29, 0.717) is 6.07 Å². The van der Waals surface area contributed by atoms with Gasteiger partial charge in [-0.25, -0.2) is 17.6 Å². The summed E-state index contributed by atoms with van der Waals surface area (Å²) in [5.41, 5.74) is -2.51. The third-order valence-electron chi connectivity index (χ3n) is 4.97. The third-order valence-corrected chi connectivity index (χ3v) is 7.24. The number of methoxy groups -OCH3 is 1. The lowest BCUT2D eigenvalue weighted by molar-refractivity contribution is -0.141. The topological polar surface area (TPSA) is 94.6 Å². The van der Waals surface area contributed by atoms with E-state index in [-0.39, 0.29) is 43.2 Å². The summed E-state index contributed by atoms with van der Waals surface area (Å²) in [6, 6.07) is 4.62. The summed E-state index contributed by atoms with van der Waals surface area (Å²) in [6.45, 7) is -0.698. The molecule has 7 nitrogen and oxygen atoms in total. The maximum Gasteiger partial charge on any atom is 0.433 e. The van der Waals surface area contributed by atoms with E-state index in [4.69, 9.17) is 21.1 Å². The smallest absolute Gasteiger partial charge is 0.433 e. The van der Waals surface area contributed by atoms with Crippen LogP contribution in [0.5, 0.6) is 5.75 Å². The Hall–Kier alpha value is -2.90. The van der Waals surface area contributed by atoms with Crippen LogP contribution in [0.4, 0.5) is 23.2 Å². The van der Waals surface area contributed by atoms with Crippen LogP contribution in [-0.4, -0.2) is 26.5 Å². The minimum atomic E-state index is -4.82. The van der Waals surface area contributed by atoms with E-state index in [9.17, 15) is 30.8 Å². The number of cyclic esters (lactones) is 1. The van der Waals surface area contributed by atoms with E-state index in [2.05, 4.69) is 25.6 Å². The second kappa shape index (κ2) is 8.95. The Kier molecular flexibility index (Phi) is 6.45. The number of sulfonamides is 1. The average Bonchev–Trinajstić information content (AvgIpc) is 2.77. The Balaban J connectivity index is 2.02. The number of alkyl halides is 3. The molecule has 3 aromatic rings. The number of anilines is 1. The summed E-state index contributed by atoms with van der Waals surface area (Å²) < 4.78 is 93.7. The number of rotatable bonds is 1. The van der Waals surface area contributed by atoms with Gasteiger partial charge in [0, 0.05) is 22.9 Å². The number of fused-ring (bicyclic) bond motifs is 6. The zero-order valence-electron chi connectivity index (χ0n) is 17.3. The fourth-order valence-corrected chi connectivity index (χ4v) is 5.65. The van der Waals surface area contributed by atoms with E-state index in [1.807, 2.05) is 0 Å². The fraction of sp³-hybridized carbons (Fsp3) is 0.143. The Morgan fingerprint density at radius 3 is 2.54 bits per heavy atom. The van der Waals surface area contributed by atoms with Crippen molar-refractivity contribution in [2.75, 3.05) is 11.8 Å². The van der Waals surface area contributed by atoms with E-state index >= 15 is 0 Å². The van der Waals surface area contributed by atoms with Crippen LogP contribution >= 0.6 is 27.5 Å². The molecule has 2 heterocycles. The summed E-state index contributed by atoms with van der Waals surface area (Å²) in [5, 5.41) is -0.326. The first-order valence-corrected chi connectivity index (χ1v) is 12.1. The van der Waals surface area contributed by atoms with Gasteiger partial charge in [-0.3, -0.25) is 9.71 Å². The monoisotopic (exact) mass is 594 g/mol. The van der Waals surface area contributed by atoms with Crippen molar-refractivity contribution in [1.29, 1.82) is 0 Å². The van der Waals surface area contributed by atoms with Crippen LogP contribution in [0.1, 0.15) is 21.6 Å². The van der Waals surface area contributed by atoms with Crippen LogP contribution in [0, 0.1) is 5.82 Å². The van der Waals surface area contributed by atoms with Crippen molar-refractivity contribution >= 4 is 49.2 Å². The van der Waals surface area contributed by atoms with Crippen molar-refractivity contribution < 1.29 is 40.2 Å². The van der Waals surface area contributed by atoms with Gasteiger partial charge >= 0.3 is 12.1 Å². The second-order valence-electron chi connectivity index (χ2n) is 7.21. The van der Waals surface area contributed by atoms with Crippen LogP contribution in [0.25, 0.3) is 11.1 Å². The molecule has 1 aliphatic heterocycles. The van der Waals surface area contributed by atoms with Crippen LogP contribution < -0.4 is 9.46 Å². The number of aromatic nitrogens is 1. The van der Waals surface area contributed by atoms with Crippen molar-refractivity contribution in [3.63, 3.8) is 0 Å². The number of esters is 1. The van der Waals surface area contributed by atoms with Gasteiger partial charge in [-0.2, -0.15) is 13.2 Å². The molecule has 1 N–H and O–H groups in total. The number of halogens is 6. The maximum absolute atomic E-state index is 14.9. The van der Waals surface area contributed by atoms with Gasteiger partial charge in [-0.1, -0.05) is 11.6 Å². The van der Waals surface area contributed by atoms with Crippen LogP contribution in [0.15, 0.2) is 45.9 Å². The van der Waals surface area contributed by atoms with Gasteiger partial charge in [-0.05, 0) is 46.3 Å². The Morgan fingerprint density at radius 1 is 1.17 bits per heavy atom. The van der Waals surface area contributed by atoms with Gasteiger partial charge in [0.25, 0.3) is 10.0 Å². The highest BCUT2D eigenvalue weighted by atomic mass is 79.9. The van der Waals surface area contributed by atoms with E-state index in [1.54, 1.807) is 0 Å². The summed E-state index contributed by atoms with van der Waals surface area (Å²) in [5.74, 6) is -2.17. The summed E-state index contributed by atoms with van der Waals surface area (Å²) in [4.78, 5) is 15.6. The highest BCUT2D eigenvalue weighted by Crippen LogP contribution is 2.39. The normalized spacial score (nSPS) is 15.0. The minimum absolute atomic E-state index is 0.0829. The zero-order valence-corrected chi connectivity index (χ0v) is 20.5. The average molecular weight is 596 g/mol. The number of carbonyl (C=O) groups excluding carboxylic acids is 1. The molecule has 0 fully saturated rings. The van der Waals surface area contributed by atoms with Crippen molar-refractivity contribution in [3.05, 3.63) is 68.7 Å². The predicted octanol–water partition coefficient (Wildman–Crippen LogP) is 5.80. The van der Waals surface area contributed by atoms with Crippen LogP contribution in [0.3, 0.4) is 0 Å². The van der Waals surface area contributed by atoms with E-state index in [1.165, 1.54) is 13.2 Å². The molecule has 0 radical (unpaired) electrons. The molecule has 0 unspecified atom stereocenters. The van der Waals surface area contributed by atoms with E-state index < -0.39 is 45.2 Å². The molecule has 14 heteroatoms. The third kappa shape index (κ3) is 4.80.